The monoisotopic (exact) mass is 300 g/mol. The van der Waals surface area contributed by atoms with Gasteiger partial charge < -0.3 is 10.2 Å². The molecule has 1 aromatic heterocycles. The minimum Gasteiger partial charge on any atom is -0.360 e. The van der Waals surface area contributed by atoms with Crippen LogP contribution < -0.4 is 0 Å². The molecule has 0 aliphatic carbocycles. The number of hydroxylamine groups is 2. The smallest absolute Gasteiger partial charge is 0.161 e. The molecule has 1 unspecified atom stereocenters. The maximum atomic E-state index is 11.8. The molecule has 0 saturated carbocycles. The quantitative estimate of drug-likeness (QED) is 0.621. The van der Waals surface area contributed by atoms with E-state index in [4.69, 9.17) is 0 Å². The SMILES string of the molecule is CCC(c1[nH]c(C)c(C(C)=O)c1C)N(O)Cc1ccccc1. The number of nitrogens with zero attached hydrogens (tertiary/aromatic N) is 1. The molecule has 22 heavy (non-hydrogen) atoms. The lowest BCUT2D eigenvalue weighted by Crippen LogP contribution is -2.25. The second-order valence-corrected chi connectivity index (χ2v) is 5.73. The number of H-pyrrole nitrogens is 1. The zero-order chi connectivity index (χ0) is 16.3. The highest BCUT2D eigenvalue weighted by atomic mass is 16.5. The summed E-state index contributed by atoms with van der Waals surface area (Å²) >= 11 is 0. The van der Waals surface area contributed by atoms with Gasteiger partial charge in [0.25, 0.3) is 0 Å². The van der Waals surface area contributed by atoms with Gasteiger partial charge in [-0.25, -0.2) is 0 Å². The molecule has 2 N–H and O–H groups in total. The van der Waals surface area contributed by atoms with E-state index in [0.717, 1.165) is 34.5 Å². The number of rotatable bonds is 6. The van der Waals surface area contributed by atoms with Gasteiger partial charge in [0.1, 0.15) is 0 Å². The van der Waals surface area contributed by atoms with Crippen LogP contribution in [-0.2, 0) is 6.54 Å². The molecule has 0 spiro atoms. The highest BCUT2D eigenvalue weighted by Gasteiger charge is 2.24. The van der Waals surface area contributed by atoms with Gasteiger partial charge in [-0.3, -0.25) is 4.79 Å². The van der Waals surface area contributed by atoms with Crippen molar-refractivity contribution in [3.8, 4) is 0 Å². The fourth-order valence-electron chi connectivity index (χ4n) is 3.08. The van der Waals surface area contributed by atoms with Gasteiger partial charge in [0, 0.05) is 23.5 Å². The Kier molecular flexibility index (Phi) is 5.16. The van der Waals surface area contributed by atoms with E-state index in [1.807, 2.05) is 51.1 Å². The summed E-state index contributed by atoms with van der Waals surface area (Å²) in [5.41, 5.74) is 4.51. The van der Waals surface area contributed by atoms with Crippen molar-refractivity contribution in [2.45, 2.75) is 46.7 Å². The van der Waals surface area contributed by atoms with Gasteiger partial charge in [0.2, 0.25) is 0 Å². The molecule has 0 bridgehead atoms. The molecule has 0 fully saturated rings. The largest absolute Gasteiger partial charge is 0.360 e. The summed E-state index contributed by atoms with van der Waals surface area (Å²) < 4.78 is 0. The van der Waals surface area contributed by atoms with E-state index in [9.17, 15) is 10.0 Å². The van der Waals surface area contributed by atoms with Crippen LogP contribution in [0.5, 0.6) is 0 Å². The summed E-state index contributed by atoms with van der Waals surface area (Å²) in [7, 11) is 0. The maximum Gasteiger partial charge on any atom is 0.161 e. The van der Waals surface area contributed by atoms with E-state index in [1.165, 1.54) is 5.06 Å². The van der Waals surface area contributed by atoms with Crippen LogP contribution in [0.4, 0.5) is 0 Å². The molecule has 1 heterocycles. The molecule has 0 radical (unpaired) electrons. The Bertz CT molecular complexity index is 647. The Morgan fingerprint density at radius 1 is 1.27 bits per heavy atom. The van der Waals surface area contributed by atoms with Crippen molar-refractivity contribution in [1.82, 2.24) is 10.0 Å². The topological polar surface area (TPSA) is 56.3 Å². The molecule has 1 atom stereocenters. The van der Waals surface area contributed by atoms with Crippen LogP contribution in [0, 0.1) is 13.8 Å². The van der Waals surface area contributed by atoms with E-state index in [-0.39, 0.29) is 11.8 Å². The predicted octanol–water partition coefficient (Wildman–Crippen LogP) is 4.18. The number of carbonyl (C=O) groups is 1. The second-order valence-electron chi connectivity index (χ2n) is 5.73. The van der Waals surface area contributed by atoms with Gasteiger partial charge >= 0.3 is 0 Å². The lowest BCUT2D eigenvalue weighted by Gasteiger charge is -2.25. The number of hydrogen-bond donors (Lipinski definition) is 2. The summed E-state index contributed by atoms with van der Waals surface area (Å²) in [4.78, 5) is 15.1. The average molecular weight is 300 g/mol. The maximum absolute atomic E-state index is 11.8. The number of aromatic amines is 1. The average Bonchev–Trinajstić information content (AvgIpc) is 2.76. The normalized spacial score (nSPS) is 12.6. The first-order chi connectivity index (χ1) is 10.5. The standard InChI is InChI=1S/C18H24N2O2/c1-5-16(20(22)11-15-9-7-6-8-10-15)18-12(2)17(14(4)21)13(3)19-18/h6-10,16,19,22H,5,11H2,1-4H3. The van der Waals surface area contributed by atoms with E-state index in [1.54, 1.807) is 6.92 Å². The van der Waals surface area contributed by atoms with Crippen molar-refractivity contribution in [1.29, 1.82) is 0 Å². The number of aryl methyl sites for hydroxylation is 1. The molecule has 1 aromatic carbocycles. The molecular weight excluding hydrogens is 276 g/mol. The molecule has 0 saturated heterocycles. The van der Waals surface area contributed by atoms with Crippen LogP contribution >= 0.6 is 0 Å². The molecule has 0 amide bonds. The first-order valence-corrected chi connectivity index (χ1v) is 7.65. The van der Waals surface area contributed by atoms with Gasteiger partial charge in [-0.2, -0.15) is 5.06 Å². The van der Waals surface area contributed by atoms with Crippen molar-refractivity contribution in [2.75, 3.05) is 0 Å². The highest BCUT2D eigenvalue weighted by Crippen LogP contribution is 2.30. The van der Waals surface area contributed by atoms with Gasteiger partial charge in [-0.05, 0) is 38.3 Å². The lowest BCUT2D eigenvalue weighted by molar-refractivity contribution is -0.139. The fourth-order valence-corrected chi connectivity index (χ4v) is 3.08. The summed E-state index contributed by atoms with van der Waals surface area (Å²) in [5.74, 6) is 0.0555. The Morgan fingerprint density at radius 3 is 2.41 bits per heavy atom. The van der Waals surface area contributed by atoms with E-state index < -0.39 is 0 Å². The summed E-state index contributed by atoms with van der Waals surface area (Å²) in [5, 5.41) is 11.9. The van der Waals surface area contributed by atoms with Crippen LogP contribution in [0.15, 0.2) is 30.3 Å². The predicted molar refractivity (Wildman–Crippen MR) is 87.1 cm³/mol. The first kappa shape index (κ1) is 16.5. The number of nitrogens with one attached hydrogen (secondary N) is 1. The number of carbonyl (C=O) groups excluding carboxylic acids is 1. The Labute approximate surface area is 131 Å². The molecule has 2 aromatic rings. The van der Waals surface area contributed by atoms with Crippen molar-refractivity contribution in [3.05, 3.63) is 58.4 Å². The Hall–Kier alpha value is -1.91. The summed E-state index contributed by atoms with van der Waals surface area (Å²) in [6.45, 7) is 7.90. The summed E-state index contributed by atoms with van der Waals surface area (Å²) in [6, 6.07) is 9.70. The van der Waals surface area contributed by atoms with E-state index >= 15 is 0 Å². The minimum absolute atomic E-state index is 0.0555. The number of aromatic nitrogens is 1. The molecule has 2 rings (SSSR count). The van der Waals surface area contributed by atoms with Crippen molar-refractivity contribution >= 4 is 5.78 Å². The lowest BCUT2D eigenvalue weighted by atomic mass is 10.0. The van der Waals surface area contributed by atoms with Crippen molar-refractivity contribution < 1.29 is 10.0 Å². The molecule has 0 aliphatic rings. The van der Waals surface area contributed by atoms with Crippen LogP contribution in [0.3, 0.4) is 0 Å². The molecule has 4 heteroatoms. The van der Waals surface area contributed by atoms with Crippen LogP contribution in [0.2, 0.25) is 0 Å². The van der Waals surface area contributed by atoms with Crippen molar-refractivity contribution in [3.63, 3.8) is 0 Å². The number of ketones is 1. The van der Waals surface area contributed by atoms with Gasteiger partial charge in [0.15, 0.2) is 5.78 Å². The van der Waals surface area contributed by atoms with Crippen LogP contribution in [0.1, 0.15) is 59.2 Å². The fraction of sp³-hybridized carbons (Fsp3) is 0.389. The Balaban J connectivity index is 2.28. The second kappa shape index (κ2) is 6.90. The van der Waals surface area contributed by atoms with E-state index in [0.29, 0.717) is 6.54 Å². The highest BCUT2D eigenvalue weighted by molar-refractivity contribution is 5.97. The van der Waals surface area contributed by atoms with E-state index in [2.05, 4.69) is 4.98 Å². The Morgan fingerprint density at radius 2 is 1.91 bits per heavy atom. The number of benzene rings is 1. The van der Waals surface area contributed by atoms with Crippen molar-refractivity contribution in [2.24, 2.45) is 0 Å². The van der Waals surface area contributed by atoms with Gasteiger partial charge in [-0.1, -0.05) is 37.3 Å². The van der Waals surface area contributed by atoms with Crippen LogP contribution in [-0.4, -0.2) is 21.0 Å². The third-order valence-corrected chi connectivity index (χ3v) is 4.10. The van der Waals surface area contributed by atoms with Gasteiger partial charge in [0.05, 0.1) is 6.04 Å². The molecule has 0 aliphatic heterocycles. The third kappa shape index (κ3) is 3.29. The zero-order valence-corrected chi connectivity index (χ0v) is 13.7. The molecule has 4 nitrogen and oxygen atoms in total. The van der Waals surface area contributed by atoms with Crippen LogP contribution in [0.25, 0.3) is 0 Å². The zero-order valence-electron chi connectivity index (χ0n) is 13.7. The summed E-state index contributed by atoms with van der Waals surface area (Å²) in [6.07, 6.45) is 0.751. The molecule has 118 valence electrons. The van der Waals surface area contributed by atoms with Gasteiger partial charge in [-0.15, -0.1) is 0 Å². The number of Topliss-reactive ketones (excluding diaryl/α,β-unsaturated/α-hetero) is 1. The number of hydrogen-bond acceptors (Lipinski definition) is 3. The third-order valence-electron chi connectivity index (χ3n) is 4.10. The molecular formula is C18H24N2O2. The first-order valence-electron chi connectivity index (χ1n) is 7.65. The minimum atomic E-state index is -0.160.